The van der Waals surface area contributed by atoms with Crippen molar-refractivity contribution in [2.75, 3.05) is 6.61 Å². The number of Topliss-reactive ketones (excluding diaryl/α,β-unsaturated/α-hetero) is 2. The summed E-state index contributed by atoms with van der Waals surface area (Å²) in [7, 11) is 0. The van der Waals surface area contributed by atoms with Crippen molar-refractivity contribution in [3.05, 3.63) is 0 Å². The zero-order valence-corrected chi connectivity index (χ0v) is 18.4. The number of hydrogen-bond acceptors (Lipinski definition) is 5. The molecular weight excluding hydrogens is 356 g/mol. The van der Waals surface area contributed by atoms with E-state index in [0.717, 1.165) is 38.5 Å². The van der Waals surface area contributed by atoms with Crippen LogP contribution in [-0.2, 0) is 24.2 Å². The maximum absolute atomic E-state index is 12.6. The molecule has 0 aromatic carbocycles. The van der Waals surface area contributed by atoms with E-state index in [4.69, 9.17) is 4.89 Å². The lowest BCUT2D eigenvalue weighted by atomic mass is 9.93. The highest BCUT2D eigenvalue weighted by Gasteiger charge is 2.28. The van der Waals surface area contributed by atoms with Gasteiger partial charge in [-0.05, 0) is 19.8 Å². The fourth-order valence-corrected chi connectivity index (χ4v) is 3.20. The summed E-state index contributed by atoms with van der Waals surface area (Å²) in [5.74, 6) is -1.70. The van der Waals surface area contributed by atoms with Crippen LogP contribution in [0.15, 0.2) is 0 Å². The third kappa shape index (κ3) is 15.8. The van der Waals surface area contributed by atoms with E-state index in [1.807, 2.05) is 0 Å². The van der Waals surface area contributed by atoms with Crippen LogP contribution in [0.5, 0.6) is 0 Å². The quantitative estimate of drug-likeness (QED) is 0.107. The Hall–Kier alpha value is -1.23. The predicted molar refractivity (Wildman–Crippen MR) is 112 cm³/mol. The van der Waals surface area contributed by atoms with Gasteiger partial charge in [0.15, 0.2) is 12.4 Å². The first kappa shape index (κ1) is 26.8. The minimum Gasteiger partial charge on any atom is -0.299 e. The maximum atomic E-state index is 12.6. The van der Waals surface area contributed by atoms with Crippen LogP contribution in [0.25, 0.3) is 0 Å². The number of carbonyl (C=O) groups excluding carboxylic acids is 3. The van der Waals surface area contributed by atoms with Crippen LogP contribution in [0, 0.1) is 5.92 Å². The van der Waals surface area contributed by atoms with Gasteiger partial charge in [-0.15, -0.1) is 0 Å². The molecule has 0 aromatic rings. The van der Waals surface area contributed by atoms with Gasteiger partial charge >= 0.3 is 5.97 Å². The third-order valence-electron chi connectivity index (χ3n) is 4.95. The molecule has 1 atom stereocenters. The highest BCUT2D eigenvalue weighted by atomic mass is 17.2. The third-order valence-corrected chi connectivity index (χ3v) is 4.95. The molecule has 5 heteroatoms. The van der Waals surface area contributed by atoms with Crippen LogP contribution in [0.2, 0.25) is 0 Å². The molecule has 0 heterocycles. The Bertz CT molecular complexity index is 419. The van der Waals surface area contributed by atoms with E-state index in [-0.39, 0.29) is 18.2 Å². The molecule has 0 saturated heterocycles. The molecule has 164 valence electrons. The van der Waals surface area contributed by atoms with Gasteiger partial charge in [0.1, 0.15) is 11.7 Å². The van der Waals surface area contributed by atoms with Gasteiger partial charge in [-0.3, -0.25) is 14.5 Å². The number of unbranched alkanes of at least 4 members (excludes halogenated alkanes) is 11. The first-order valence-corrected chi connectivity index (χ1v) is 11.4. The van der Waals surface area contributed by atoms with E-state index >= 15 is 0 Å². The topological polar surface area (TPSA) is 69.7 Å². The molecule has 0 bridgehead atoms. The van der Waals surface area contributed by atoms with Gasteiger partial charge in [0, 0.05) is 6.42 Å². The Morgan fingerprint density at radius 2 is 1.21 bits per heavy atom. The molecule has 0 saturated carbocycles. The summed E-state index contributed by atoms with van der Waals surface area (Å²) in [4.78, 5) is 45.1. The van der Waals surface area contributed by atoms with Gasteiger partial charge in [0.2, 0.25) is 0 Å². The van der Waals surface area contributed by atoms with E-state index in [9.17, 15) is 14.4 Å². The molecule has 0 rings (SSSR count). The number of hydrogen-bond donors (Lipinski definition) is 0. The van der Waals surface area contributed by atoms with Crippen LogP contribution in [0.3, 0.4) is 0 Å². The largest absolute Gasteiger partial charge is 0.352 e. The molecule has 1 unspecified atom stereocenters. The van der Waals surface area contributed by atoms with E-state index in [2.05, 4.69) is 18.7 Å². The van der Waals surface area contributed by atoms with Gasteiger partial charge < -0.3 is 0 Å². The lowest BCUT2D eigenvalue weighted by Gasteiger charge is -2.14. The summed E-state index contributed by atoms with van der Waals surface area (Å²) in [6, 6.07) is 0. The molecular formula is C23H42O5. The van der Waals surface area contributed by atoms with Gasteiger partial charge in [-0.2, -0.15) is 4.89 Å². The molecule has 0 fully saturated rings. The summed E-state index contributed by atoms with van der Waals surface area (Å²) in [6.07, 6.45) is 15.5. The smallest absolute Gasteiger partial charge is 0.299 e. The SMILES string of the molecule is CCCCCCCCCC(=O)C(CCCCCCCC)C(=O)OOCC(C)=O. The zero-order valence-electron chi connectivity index (χ0n) is 18.4. The summed E-state index contributed by atoms with van der Waals surface area (Å²) in [6.45, 7) is 5.45. The van der Waals surface area contributed by atoms with Gasteiger partial charge in [0.05, 0.1) is 0 Å². The predicted octanol–water partition coefficient (Wildman–Crippen LogP) is 6.13. The summed E-state index contributed by atoms with van der Waals surface area (Å²) in [5.41, 5.74) is 0. The monoisotopic (exact) mass is 398 g/mol. The van der Waals surface area contributed by atoms with Gasteiger partial charge in [-0.25, -0.2) is 4.79 Å². The van der Waals surface area contributed by atoms with Crippen LogP contribution < -0.4 is 0 Å². The fraction of sp³-hybridized carbons (Fsp3) is 0.870. The Kier molecular flexibility index (Phi) is 18.3. The van der Waals surface area contributed by atoms with E-state index in [1.165, 1.54) is 51.9 Å². The van der Waals surface area contributed by atoms with Crippen molar-refractivity contribution in [1.82, 2.24) is 0 Å². The highest BCUT2D eigenvalue weighted by Crippen LogP contribution is 2.18. The molecule has 0 aliphatic heterocycles. The van der Waals surface area contributed by atoms with Crippen molar-refractivity contribution < 1.29 is 24.2 Å². The first-order chi connectivity index (χ1) is 13.5. The molecule has 0 spiro atoms. The molecule has 5 nitrogen and oxygen atoms in total. The lowest BCUT2D eigenvalue weighted by molar-refractivity contribution is -0.270. The molecule has 0 aliphatic carbocycles. The Morgan fingerprint density at radius 1 is 0.714 bits per heavy atom. The number of carbonyl (C=O) groups is 3. The second-order valence-electron chi connectivity index (χ2n) is 7.81. The van der Waals surface area contributed by atoms with Crippen LogP contribution >= 0.6 is 0 Å². The minimum absolute atomic E-state index is 0.0569. The van der Waals surface area contributed by atoms with Crippen molar-refractivity contribution in [2.24, 2.45) is 5.92 Å². The molecule has 28 heavy (non-hydrogen) atoms. The van der Waals surface area contributed by atoms with E-state index in [1.54, 1.807) is 0 Å². The van der Waals surface area contributed by atoms with Crippen LogP contribution in [-0.4, -0.2) is 24.1 Å². The highest BCUT2D eigenvalue weighted by molar-refractivity contribution is 5.98. The average molecular weight is 399 g/mol. The molecule has 0 radical (unpaired) electrons. The van der Waals surface area contributed by atoms with Crippen molar-refractivity contribution in [3.8, 4) is 0 Å². The summed E-state index contributed by atoms with van der Waals surface area (Å²) in [5, 5.41) is 0. The minimum atomic E-state index is -0.766. The van der Waals surface area contributed by atoms with Crippen LogP contribution in [0.1, 0.15) is 117 Å². The van der Waals surface area contributed by atoms with Crippen molar-refractivity contribution >= 4 is 17.5 Å². The number of rotatable bonds is 20. The van der Waals surface area contributed by atoms with Gasteiger partial charge in [-0.1, -0.05) is 90.9 Å². The van der Waals surface area contributed by atoms with Gasteiger partial charge in [0.25, 0.3) is 0 Å². The standard InChI is InChI=1S/C23H42O5/c1-4-6-8-10-12-14-16-18-22(25)21(17-15-13-11-9-7-5-2)23(26)28-27-19-20(3)24/h21H,4-19H2,1-3H3. The molecule has 0 N–H and O–H groups in total. The van der Waals surface area contributed by atoms with Crippen LogP contribution in [0.4, 0.5) is 0 Å². The van der Waals surface area contributed by atoms with Crippen molar-refractivity contribution in [3.63, 3.8) is 0 Å². The summed E-state index contributed by atoms with van der Waals surface area (Å²) >= 11 is 0. The molecule has 0 amide bonds. The molecule has 0 aliphatic rings. The lowest BCUT2D eigenvalue weighted by Crippen LogP contribution is -2.27. The van der Waals surface area contributed by atoms with E-state index < -0.39 is 11.9 Å². The number of ketones is 2. The van der Waals surface area contributed by atoms with Crippen molar-refractivity contribution in [1.29, 1.82) is 0 Å². The first-order valence-electron chi connectivity index (χ1n) is 11.4. The average Bonchev–Trinajstić information content (AvgIpc) is 2.66. The fourth-order valence-electron chi connectivity index (χ4n) is 3.20. The Morgan fingerprint density at radius 3 is 1.75 bits per heavy atom. The normalized spacial score (nSPS) is 12.0. The Labute approximate surface area is 171 Å². The second-order valence-corrected chi connectivity index (χ2v) is 7.81. The zero-order chi connectivity index (χ0) is 21.0. The van der Waals surface area contributed by atoms with E-state index in [0.29, 0.717) is 12.8 Å². The Balaban J connectivity index is 4.29. The van der Waals surface area contributed by atoms with Crippen molar-refractivity contribution in [2.45, 2.75) is 117 Å². The second kappa shape index (κ2) is 19.1. The summed E-state index contributed by atoms with van der Waals surface area (Å²) < 4.78 is 0. The molecule has 0 aromatic heterocycles. The maximum Gasteiger partial charge on any atom is 0.352 e.